The van der Waals surface area contributed by atoms with Gasteiger partial charge in [0.25, 0.3) is 0 Å². The predicted octanol–water partition coefficient (Wildman–Crippen LogP) is 8.87. The molecule has 0 fully saturated rings. The fourth-order valence-corrected chi connectivity index (χ4v) is 5.18. The maximum atomic E-state index is 6.42. The Balaban J connectivity index is 1.64. The summed E-state index contributed by atoms with van der Waals surface area (Å²) in [7, 11) is 0. The minimum Gasteiger partial charge on any atom is -0.455 e. The van der Waals surface area contributed by atoms with E-state index in [2.05, 4.69) is 94.8 Å². The van der Waals surface area contributed by atoms with E-state index >= 15 is 0 Å². The molecule has 7 rings (SSSR count). The first-order valence-corrected chi connectivity index (χ1v) is 11.4. The zero-order valence-corrected chi connectivity index (χ0v) is 18.6. The number of furan rings is 1. The molecule has 0 atom stereocenters. The molecule has 7 aromatic rings. The number of nitrogens with zero attached hydrogens (tertiary/aromatic N) is 1. The third-order valence-electron chi connectivity index (χ3n) is 6.28. The van der Waals surface area contributed by atoms with E-state index in [0.29, 0.717) is 0 Å². The maximum absolute atomic E-state index is 6.42. The van der Waals surface area contributed by atoms with E-state index in [1.165, 1.54) is 10.8 Å². The second-order valence-electron chi connectivity index (χ2n) is 8.15. The standard InChI is InChI=1S/C29H16BrNO/c30-20-12-11-17-15-19(10-9-18(17)16-20)28-24-14-13-22-21-5-2-4-8-26(21)32-29(22)27(24)23-6-1-3-7-25(23)31-28/h1-16H. The molecule has 0 aliphatic heterocycles. The minimum atomic E-state index is 0.911. The van der Waals surface area contributed by atoms with Crippen LogP contribution in [0.1, 0.15) is 0 Å². The SMILES string of the molecule is Brc1ccc2cc(-c3nc4ccccc4c4c3ccc3c5ccccc5oc34)ccc2c1. The average molecular weight is 474 g/mol. The van der Waals surface area contributed by atoms with E-state index in [4.69, 9.17) is 9.40 Å². The fourth-order valence-electron chi connectivity index (χ4n) is 4.80. The van der Waals surface area contributed by atoms with Crippen molar-refractivity contribution >= 4 is 70.3 Å². The Hall–Kier alpha value is -3.69. The van der Waals surface area contributed by atoms with Crippen LogP contribution >= 0.6 is 15.9 Å². The van der Waals surface area contributed by atoms with Crippen molar-refractivity contribution in [1.82, 2.24) is 4.98 Å². The molecule has 0 aliphatic carbocycles. The zero-order chi connectivity index (χ0) is 21.2. The van der Waals surface area contributed by atoms with Gasteiger partial charge in [-0.1, -0.05) is 76.6 Å². The van der Waals surface area contributed by atoms with Gasteiger partial charge >= 0.3 is 0 Å². The van der Waals surface area contributed by atoms with Gasteiger partial charge in [-0.2, -0.15) is 0 Å². The maximum Gasteiger partial charge on any atom is 0.144 e. The molecule has 2 heterocycles. The Morgan fingerprint density at radius 3 is 2.31 bits per heavy atom. The van der Waals surface area contributed by atoms with Gasteiger partial charge in [0.2, 0.25) is 0 Å². The summed E-state index contributed by atoms with van der Waals surface area (Å²) in [5, 5.41) is 8.01. The van der Waals surface area contributed by atoms with Crippen LogP contribution < -0.4 is 0 Å². The molecule has 0 unspecified atom stereocenters. The minimum absolute atomic E-state index is 0.911. The molecule has 0 spiro atoms. The van der Waals surface area contributed by atoms with Crippen molar-refractivity contribution in [3.63, 3.8) is 0 Å². The second kappa shape index (κ2) is 6.65. The van der Waals surface area contributed by atoms with Crippen molar-refractivity contribution in [2.45, 2.75) is 0 Å². The highest BCUT2D eigenvalue weighted by Crippen LogP contribution is 2.40. The van der Waals surface area contributed by atoms with Gasteiger partial charge in [-0.3, -0.25) is 0 Å². The molecule has 3 heteroatoms. The highest BCUT2D eigenvalue weighted by atomic mass is 79.9. The lowest BCUT2D eigenvalue weighted by Crippen LogP contribution is -1.90. The second-order valence-corrected chi connectivity index (χ2v) is 9.06. The van der Waals surface area contributed by atoms with Gasteiger partial charge in [0.05, 0.1) is 11.2 Å². The van der Waals surface area contributed by atoms with Crippen molar-refractivity contribution in [2.24, 2.45) is 0 Å². The fraction of sp³-hybridized carbons (Fsp3) is 0. The van der Waals surface area contributed by atoms with Gasteiger partial charge in [-0.05, 0) is 47.2 Å². The van der Waals surface area contributed by atoms with E-state index < -0.39 is 0 Å². The summed E-state index contributed by atoms with van der Waals surface area (Å²) in [6, 6.07) is 33.8. The molecule has 150 valence electrons. The molecule has 0 aliphatic rings. The van der Waals surface area contributed by atoms with Crippen molar-refractivity contribution in [2.75, 3.05) is 0 Å². The summed E-state index contributed by atoms with van der Waals surface area (Å²) in [6.07, 6.45) is 0. The average Bonchev–Trinajstić information content (AvgIpc) is 3.22. The smallest absolute Gasteiger partial charge is 0.144 e. The number of halogens is 1. The van der Waals surface area contributed by atoms with E-state index in [9.17, 15) is 0 Å². The third-order valence-corrected chi connectivity index (χ3v) is 6.78. The van der Waals surface area contributed by atoms with Gasteiger partial charge in [0.15, 0.2) is 0 Å². The molecule has 32 heavy (non-hydrogen) atoms. The van der Waals surface area contributed by atoms with E-state index in [-0.39, 0.29) is 0 Å². The van der Waals surface area contributed by atoms with Crippen molar-refractivity contribution in [3.05, 3.63) is 102 Å². The number of para-hydroxylation sites is 2. The number of aromatic nitrogens is 1. The first-order chi connectivity index (χ1) is 15.8. The highest BCUT2D eigenvalue weighted by Gasteiger charge is 2.17. The van der Waals surface area contributed by atoms with Gasteiger partial charge in [0.1, 0.15) is 11.2 Å². The molecular weight excluding hydrogens is 458 g/mol. The quantitative estimate of drug-likeness (QED) is 0.222. The van der Waals surface area contributed by atoms with Gasteiger partial charge in [-0.15, -0.1) is 0 Å². The Morgan fingerprint density at radius 2 is 1.38 bits per heavy atom. The van der Waals surface area contributed by atoms with Crippen molar-refractivity contribution < 1.29 is 4.42 Å². The Kier molecular flexibility index (Phi) is 3.73. The summed E-state index contributed by atoms with van der Waals surface area (Å²) in [5.41, 5.74) is 4.89. The number of hydrogen-bond acceptors (Lipinski definition) is 2. The summed E-state index contributed by atoms with van der Waals surface area (Å²) in [6.45, 7) is 0. The summed E-state index contributed by atoms with van der Waals surface area (Å²) in [5.74, 6) is 0. The molecule has 0 radical (unpaired) electrons. The van der Waals surface area contributed by atoms with E-state index in [1.807, 2.05) is 18.2 Å². The van der Waals surface area contributed by atoms with Gasteiger partial charge in [0, 0.05) is 37.0 Å². The van der Waals surface area contributed by atoms with Crippen LogP contribution in [0.2, 0.25) is 0 Å². The number of rotatable bonds is 1. The van der Waals surface area contributed by atoms with Crippen LogP contribution in [0.25, 0.3) is 65.6 Å². The lowest BCUT2D eigenvalue weighted by molar-refractivity contribution is 0.673. The molecule has 5 aromatic carbocycles. The lowest BCUT2D eigenvalue weighted by atomic mass is 9.96. The monoisotopic (exact) mass is 473 g/mol. The largest absolute Gasteiger partial charge is 0.455 e. The van der Waals surface area contributed by atoms with E-state index in [0.717, 1.165) is 59.3 Å². The van der Waals surface area contributed by atoms with Crippen LogP contribution in [-0.2, 0) is 0 Å². The predicted molar refractivity (Wildman–Crippen MR) is 137 cm³/mol. The number of fused-ring (bicyclic) bond motifs is 8. The molecule has 2 aromatic heterocycles. The molecular formula is C29H16BrNO. The zero-order valence-electron chi connectivity index (χ0n) is 17.0. The Morgan fingerprint density at radius 1 is 0.625 bits per heavy atom. The van der Waals surface area contributed by atoms with Crippen LogP contribution in [0.4, 0.5) is 0 Å². The van der Waals surface area contributed by atoms with Gasteiger partial charge < -0.3 is 4.42 Å². The van der Waals surface area contributed by atoms with Crippen molar-refractivity contribution in [3.8, 4) is 11.3 Å². The number of pyridine rings is 1. The topological polar surface area (TPSA) is 26.0 Å². The summed E-state index contributed by atoms with van der Waals surface area (Å²) in [4.78, 5) is 5.11. The highest BCUT2D eigenvalue weighted by molar-refractivity contribution is 9.10. The van der Waals surface area contributed by atoms with Crippen LogP contribution in [-0.4, -0.2) is 4.98 Å². The number of benzene rings is 5. The van der Waals surface area contributed by atoms with E-state index in [1.54, 1.807) is 0 Å². The number of hydrogen-bond donors (Lipinski definition) is 0. The molecule has 0 N–H and O–H groups in total. The van der Waals surface area contributed by atoms with Crippen LogP contribution in [0.5, 0.6) is 0 Å². The van der Waals surface area contributed by atoms with Crippen LogP contribution in [0.3, 0.4) is 0 Å². The Bertz CT molecular complexity index is 1850. The normalized spacial score (nSPS) is 11.9. The lowest BCUT2D eigenvalue weighted by Gasteiger charge is -2.11. The molecule has 0 bridgehead atoms. The first kappa shape index (κ1) is 17.9. The summed E-state index contributed by atoms with van der Waals surface area (Å²) >= 11 is 3.57. The van der Waals surface area contributed by atoms with Crippen LogP contribution in [0.15, 0.2) is 106 Å². The Labute approximate surface area is 192 Å². The van der Waals surface area contributed by atoms with Crippen molar-refractivity contribution in [1.29, 1.82) is 0 Å². The molecule has 0 amide bonds. The first-order valence-electron chi connectivity index (χ1n) is 10.6. The molecule has 0 saturated carbocycles. The summed E-state index contributed by atoms with van der Waals surface area (Å²) < 4.78 is 7.50. The third kappa shape index (κ3) is 2.55. The van der Waals surface area contributed by atoms with Crippen LogP contribution in [0, 0.1) is 0 Å². The molecule has 0 saturated heterocycles. The molecule has 2 nitrogen and oxygen atoms in total. The van der Waals surface area contributed by atoms with Gasteiger partial charge in [-0.25, -0.2) is 4.98 Å².